The van der Waals surface area contributed by atoms with E-state index in [1.54, 1.807) is 17.4 Å². The molecule has 0 aliphatic heterocycles. The Balaban J connectivity index is 1.98. The number of carbonyl (C=O) groups excluding carboxylic acids is 1. The largest absolute Gasteiger partial charge is 0.346 e. The highest BCUT2D eigenvalue weighted by atomic mass is 35.5. The summed E-state index contributed by atoms with van der Waals surface area (Å²) in [6, 6.07) is 9.47. The Hall–Kier alpha value is -1.58. The molecule has 0 aliphatic carbocycles. The maximum Gasteiger partial charge on any atom is 0.244 e. The molecule has 0 radical (unpaired) electrons. The molecule has 1 amide bonds. The van der Waals surface area contributed by atoms with E-state index in [0.717, 1.165) is 10.4 Å². The van der Waals surface area contributed by atoms with Crippen LogP contribution in [-0.4, -0.2) is 5.91 Å². The number of carbonyl (C=O) groups is 1. The fourth-order valence-corrected chi connectivity index (χ4v) is 2.85. The average molecular weight is 306 g/mol. The third-order valence-electron chi connectivity index (χ3n) is 3.00. The van der Waals surface area contributed by atoms with Crippen LogP contribution >= 0.6 is 22.9 Å². The van der Waals surface area contributed by atoms with E-state index in [0.29, 0.717) is 5.02 Å². The van der Waals surface area contributed by atoms with Gasteiger partial charge in [-0.1, -0.05) is 23.7 Å². The lowest BCUT2D eigenvalue weighted by Crippen LogP contribution is -2.24. The van der Waals surface area contributed by atoms with Gasteiger partial charge in [0, 0.05) is 16.0 Å². The monoisotopic (exact) mass is 305 g/mol. The molecule has 0 bridgehead atoms. The number of hydrogen-bond donors (Lipinski definition) is 1. The van der Waals surface area contributed by atoms with Gasteiger partial charge in [0.25, 0.3) is 0 Å². The Labute approximate surface area is 128 Å². The summed E-state index contributed by atoms with van der Waals surface area (Å²) in [7, 11) is 0. The topological polar surface area (TPSA) is 29.1 Å². The molecule has 4 heteroatoms. The van der Waals surface area contributed by atoms with Crippen molar-refractivity contribution in [2.45, 2.75) is 19.9 Å². The molecule has 2 aromatic rings. The van der Waals surface area contributed by atoms with Crippen molar-refractivity contribution in [1.29, 1.82) is 0 Å². The molecule has 1 atom stereocenters. The van der Waals surface area contributed by atoms with Gasteiger partial charge >= 0.3 is 0 Å². The minimum atomic E-state index is -0.106. The van der Waals surface area contributed by atoms with Crippen LogP contribution in [0.4, 0.5) is 0 Å². The van der Waals surface area contributed by atoms with Crippen molar-refractivity contribution in [2.24, 2.45) is 0 Å². The number of thiophene rings is 1. The highest BCUT2D eigenvalue weighted by Gasteiger charge is 2.07. The van der Waals surface area contributed by atoms with Gasteiger partial charge in [-0.3, -0.25) is 4.79 Å². The number of benzene rings is 1. The molecular formula is C16H16ClNOS. The molecule has 1 aromatic heterocycles. The molecule has 20 heavy (non-hydrogen) atoms. The van der Waals surface area contributed by atoms with Gasteiger partial charge < -0.3 is 5.32 Å². The number of nitrogens with one attached hydrogen (secondary N) is 1. The summed E-state index contributed by atoms with van der Waals surface area (Å²) in [5.74, 6) is -0.106. The van der Waals surface area contributed by atoms with Crippen LogP contribution in [0.5, 0.6) is 0 Å². The number of amides is 1. The maximum atomic E-state index is 11.9. The highest BCUT2D eigenvalue weighted by Crippen LogP contribution is 2.18. The Morgan fingerprint density at radius 2 is 2.20 bits per heavy atom. The molecule has 0 aliphatic rings. The van der Waals surface area contributed by atoms with Gasteiger partial charge in [0.05, 0.1) is 6.04 Å². The molecule has 1 heterocycles. The van der Waals surface area contributed by atoms with E-state index in [4.69, 9.17) is 11.6 Å². The van der Waals surface area contributed by atoms with Crippen LogP contribution in [0.2, 0.25) is 5.02 Å². The summed E-state index contributed by atoms with van der Waals surface area (Å²) in [5.41, 5.74) is 2.17. The standard InChI is InChI=1S/C16H16ClNOS/c1-11-8-9-20-15(11)6-7-16(19)18-12(2)13-4-3-5-14(17)10-13/h3-10,12H,1-2H3,(H,18,19)/b7-6+/t12-/m0/s1. The molecule has 1 aromatic carbocycles. The van der Waals surface area contributed by atoms with Crippen LogP contribution < -0.4 is 5.32 Å². The zero-order valence-corrected chi connectivity index (χ0v) is 13.0. The molecule has 2 nitrogen and oxygen atoms in total. The third kappa shape index (κ3) is 3.95. The first-order valence-electron chi connectivity index (χ1n) is 6.34. The van der Waals surface area contributed by atoms with E-state index < -0.39 is 0 Å². The SMILES string of the molecule is Cc1ccsc1/C=C/C(=O)N[C@@H](C)c1cccc(Cl)c1. The van der Waals surface area contributed by atoms with Crippen molar-refractivity contribution in [3.63, 3.8) is 0 Å². The van der Waals surface area contributed by atoms with E-state index in [9.17, 15) is 4.79 Å². The molecule has 1 N–H and O–H groups in total. The van der Waals surface area contributed by atoms with Crippen LogP contribution in [0.25, 0.3) is 6.08 Å². The summed E-state index contributed by atoms with van der Waals surface area (Å²) in [6.45, 7) is 3.97. The van der Waals surface area contributed by atoms with Crippen molar-refractivity contribution in [3.05, 3.63) is 62.8 Å². The van der Waals surface area contributed by atoms with E-state index in [1.807, 2.05) is 55.6 Å². The smallest absolute Gasteiger partial charge is 0.244 e. The summed E-state index contributed by atoms with van der Waals surface area (Å²) < 4.78 is 0. The van der Waals surface area contributed by atoms with Gasteiger partial charge in [-0.2, -0.15) is 0 Å². The average Bonchev–Trinajstić information content (AvgIpc) is 2.82. The first-order valence-corrected chi connectivity index (χ1v) is 7.60. The number of halogens is 1. The van der Waals surface area contributed by atoms with Crippen molar-refractivity contribution >= 4 is 34.9 Å². The van der Waals surface area contributed by atoms with E-state index in [2.05, 4.69) is 5.32 Å². The predicted molar refractivity (Wildman–Crippen MR) is 86.1 cm³/mol. The summed E-state index contributed by atoms with van der Waals surface area (Å²) in [4.78, 5) is 13.0. The van der Waals surface area contributed by atoms with Gasteiger partial charge in [-0.15, -0.1) is 11.3 Å². The molecule has 104 valence electrons. The zero-order valence-electron chi connectivity index (χ0n) is 11.4. The second-order valence-corrected chi connectivity index (χ2v) is 5.97. The zero-order chi connectivity index (χ0) is 14.5. The second kappa shape index (κ2) is 6.73. The minimum absolute atomic E-state index is 0.0738. The van der Waals surface area contributed by atoms with Gasteiger partial charge in [0.2, 0.25) is 5.91 Å². The van der Waals surface area contributed by atoms with E-state index in [-0.39, 0.29) is 11.9 Å². The Bertz CT molecular complexity index is 633. The molecule has 0 fully saturated rings. The predicted octanol–water partition coefficient (Wildman–Crippen LogP) is 4.60. The number of rotatable bonds is 4. The molecular weight excluding hydrogens is 290 g/mol. The molecule has 0 saturated carbocycles. The van der Waals surface area contributed by atoms with Crippen LogP contribution in [0.1, 0.15) is 29.0 Å². The van der Waals surface area contributed by atoms with Gasteiger partial charge in [-0.25, -0.2) is 0 Å². The van der Waals surface area contributed by atoms with E-state index >= 15 is 0 Å². The van der Waals surface area contributed by atoms with E-state index in [1.165, 1.54) is 5.56 Å². The van der Waals surface area contributed by atoms with Gasteiger partial charge in [0.15, 0.2) is 0 Å². The lowest BCUT2D eigenvalue weighted by molar-refractivity contribution is -0.117. The lowest BCUT2D eigenvalue weighted by atomic mass is 10.1. The third-order valence-corrected chi connectivity index (χ3v) is 4.21. The molecule has 0 unspecified atom stereocenters. The van der Waals surface area contributed by atoms with Crippen molar-refractivity contribution in [3.8, 4) is 0 Å². The summed E-state index contributed by atoms with van der Waals surface area (Å²) in [5, 5.41) is 5.62. The molecule has 0 saturated heterocycles. The fourth-order valence-electron chi connectivity index (χ4n) is 1.83. The van der Waals surface area contributed by atoms with Crippen LogP contribution in [0, 0.1) is 6.92 Å². The first kappa shape index (κ1) is 14.8. The van der Waals surface area contributed by atoms with Crippen LogP contribution in [0.15, 0.2) is 41.8 Å². The van der Waals surface area contributed by atoms with Crippen LogP contribution in [0.3, 0.4) is 0 Å². The maximum absolute atomic E-state index is 11.9. The molecule has 2 rings (SSSR count). The van der Waals surface area contributed by atoms with Crippen molar-refractivity contribution in [2.75, 3.05) is 0 Å². The summed E-state index contributed by atoms with van der Waals surface area (Å²) in [6.07, 6.45) is 3.42. The molecule has 0 spiro atoms. The number of aryl methyl sites for hydroxylation is 1. The van der Waals surface area contributed by atoms with Crippen molar-refractivity contribution in [1.82, 2.24) is 5.32 Å². The van der Waals surface area contributed by atoms with Crippen LogP contribution in [-0.2, 0) is 4.79 Å². The van der Waals surface area contributed by atoms with Crippen molar-refractivity contribution < 1.29 is 4.79 Å². The summed E-state index contributed by atoms with van der Waals surface area (Å²) >= 11 is 7.57. The van der Waals surface area contributed by atoms with Gasteiger partial charge in [-0.05, 0) is 54.6 Å². The second-order valence-electron chi connectivity index (χ2n) is 4.59. The Morgan fingerprint density at radius 3 is 2.85 bits per heavy atom. The highest BCUT2D eigenvalue weighted by molar-refractivity contribution is 7.11. The quantitative estimate of drug-likeness (QED) is 0.822. The Kier molecular flexibility index (Phi) is 4.99. The minimum Gasteiger partial charge on any atom is -0.346 e. The first-order chi connectivity index (χ1) is 9.56. The lowest BCUT2D eigenvalue weighted by Gasteiger charge is -2.13. The van der Waals surface area contributed by atoms with Gasteiger partial charge in [0.1, 0.15) is 0 Å². The normalized spacial score (nSPS) is 12.6. The Morgan fingerprint density at radius 1 is 1.40 bits per heavy atom. The number of hydrogen-bond acceptors (Lipinski definition) is 2. The fraction of sp³-hybridized carbons (Fsp3) is 0.188.